The molecule has 0 aliphatic heterocycles. The minimum absolute atomic E-state index is 0.664. The zero-order chi connectivity index (χ0) is 14.1. The quantitative estimate of drug-likeness (QED) is 0.931. The molecule has 1 aliphatic rings. The lowest BCUT2D eigenvalue weighted by molar-refractivity contribution is 0.686. The Kier molecular flexibility index (Phi) is 3.62. The van der Waals surface area contributed by atoms with Crippen molar-refractivity contribution in [2.75, 3.05) is 6.54 Å². The van der Waals surface area contributed by atoms with Gasteiger partial charge in [0.15, 0.2) is 0 Å². The smallest absolute Gasteiger partial charge is 0.0674 e. The number of aromatic nitrogens is 2. The molecule has 0 fully saturated rings. The second-order valence-corrected chi connectivity index (χ2v) is 5.76. The van der Waals surface area contributed by atoms with Crippen LogP contribution in [-0.2, 0) is 26.3 Å². The molecule has 1 aromatic carbocycles. The van der Waals surface area contributed by atoms with Crippen LogP contribution in [0.3, 0.4) is 0 Å². The SMILES string of the molecule is Cc1nn(C)c(CCN)c1-c1ccc2c(c1)CCCC2. The molecule has 0 unspecified atom stereocenters. The van der Waals surface area contributed by atoms with Crippen LogP contribution in [0, 0.1) is 6.92 Å². The van der Waals surface area contributed by atoms with Gasteiger partial charge in [0.25, 0.3) is 0 Å². The molecule has 0 atom stereocenters. The number of rotatable bonds is 3. The molecule has 3 heteroatoms. The van der Waals surface area contributed by atoms with Crippen molar-refractivity contribution in [3.63, 3.8) is 0 Å². The van der Waals surface area contributed by atoms with E-state index in [1.54, 1.807) is 0 Å². The third-order valence-electron chi connectivity index (χ3n) is 4.36. The third kappa shape index (κ3) is 2.27. The third-order valence-corrected chi connectivity index (χ3v) is 4.36. The van der Waals surface area contributed by atoms with E-state index < -0.39 is 0 Å². The fraction of sp³-hybridized carbons (Fsp3) is 0.471. The number of nitrogens with zero attached hydrogens (tertiary/aromatic N) is 2. The van der Waals surface area contributed by atoms with Gasteiger partial charge in [-0.3, -0.25) is 4.68 Å². The fourth-order valence-electron chi connectivity index (χ4n) is 3.39. The van der Waals surface area contributed by atoms with E-state index in [1.807, 2.05) is 11.7 Å². The van der Waals surface area contributed by atoms with Gasteiger partial charge < -0.3 is 5.73 Å². The summed E-state index contributed by atoms with van der Waals surface area (Å²) in [4.78, 5) is 0. The minimum Gasteiger partial charge on any atom is -0.330 e. The summed E-state index contributed by atoms with van der Waals surface area (Å²) in [5, 5.41) is 4.58. The summed E-state index contributed by atoms with van der Waals surface area (Å²) in [7, 11) is 2.01. The van der Waals surface area contributed by atoms with Gasteiger partial charge in [-0.05, 0) is 55.8 Å². The summed E-state index contributed by atoms with van der Waals surface area (Å²) in [6, 6.07) is 6.94. The standard InChI is InChI=1S/C17H23N3/c1-12-17(16(9-10-18)20(2)19-12)15-8-7-13-5-3-4-6-14(13)11-15/h7-8,11H,3-6,9-10,18H2,1-2H3. The highest BCUT2D eigenvalue weighted by molar-refractivity contribution is 5.70. The van der Waals surface area contributed by atoms with Crippen LogP contribution in [0.1, 0.15) is 35.4 Å². The van der Waals surface area contributed by atoms with Crippen molar-refractivity contribution in [3.05, 3.63) is 40.7 Å². The molecule has 2 N–H and O–H groups in total. The van der Waals surface area contributed by atoms with Crippen LogP contribution < -0.4 is 5.73 Å². The summed E-state index contributed by atoms with van der Waals surface area (Å²) >= 11 is 0. The molecule has 0 radical (unpaired) electrons. The number of aryl methyl sites for hydroxylation is 4. The summed E-state index contributed by atoms with van der Waals surface area (Å²) in [5.74, 6) is 0. The van der Waals surface area contributed by atoms with Crippen molar-refractivity contribution in [1.29, 1.82) is 0 Å². The second kappa shape index (κ2) is 5.41. The van der Waals surface area contributed by atoms with Crippen LogP contribution in [0.15, 0.2) is 18.2 Å². The highest BCUT2D eigenvalue weighted by Gasteiger charge is 2.16. The number of hydrogen-bond acceptors (Lipinski definition) is 2. The van der Waals surface area contributed by atoms with Gasteiger partial charge in [-0.1, -0.05) is 18.2 Å². The maximum atomic E-state index is 5.76. The average molecular weight is 269 g/mol. The molecule has 0 spiro atoms. The van der Waals surface area contributed by atoms with E-state index in [9.17, 15) is 0 Å². The second-order valence-electron chi connectivity index (χ2n) is 5.76. The Labute approximate surface area is 120 Å². The largest absolute Gasteiger partial charge is 0.330 e. The number of benzene rings is 1. The predicted molar refractivity (Wildman–Crippen MR) is 82.8 cm³/mol. The Hall–Kier alpha value is -1.61. The topological polar surface area (TPSA) is 43.8 Å². The molecule has 2 aromatic rings. The van der Waals surface area contributed by atoms with Gasteiger partial charge in [0.05, 0.1) is 5.69 Å². The highest BCUT2D eigenvalue weighted by atomic mass is 15.3. The number of fused-ring (bicyclic) bond motifs is 1. The van der Waals surface area contributed by atoms with E-state index in [2.05, 4.69) is 30.2 Å². The van der Waals surface area contributed by atoms with E-state index in [-0.39, 0.29) is 0 Å². The molecule has 0 saturated carbocycles. The average Bonchev–Trinajstić information content (AvgIpc) is 2.73. The van der Waals surface area contributed by atoms with Crippen LogP contribution in [0.2, 0.25) is 0 Å². The normalized spacial score (nSPS) is 14.3. The van der Waals surface area contributed by atoms with Crippen LogP contribution in [-0.4, -0.2) is 16.3 Å². The van der Waals surface area contributed by atoms with E-state index >= 15 is 0 Å². The summed E-state index contributed by atoms with van der Waals surface area (Å²) in [6.07, 6.45) is 5.98. The molecular formula is C17H23N3. The first-order chi connectivity index (χ1) is 9.70. The van der Waals surface area contributed by atoms with Gasteiger partial charge in [0.2, 0.25) is 0 Å². The van der Waals surface area contributed by atoms with Crippen LogP contribution >= 0.6 is 0 Å². The molecule has 106 valence electrons. The van der Waals surface area contributed by atoms with Crippen molar-refractivity contribution >= 4 is 0 Å². The highest BCUT2D eigenvalue weighted by Crippen LogP contribution is 2.31. The lowest BCUT2D eigenvalue weighted by atomic mass is 9.88. The molecular weight excluding hydrogens is 246 g/mol. The molecule has 1 heterocycles. The monoisotopic (exact) mass is 269 g/mol. The lowest BCUT2D eigenvalue weighted by Gasteiger charge is -2.17. The van der Waals surface area contributed by atoms with Gasteiger partial charge in [0.1, 0.15) is 0 Å². The fourth-order valence-corrected chi connectivity index (χ4v) is 3.39. The minimum atomic E-state index is 0.664. The molecule has 0 bridgehead atoms. The summed E-state index contributed by atoms with van der Waals surface area (Å²) < 4.78 is 1.98. The summed E-state index contributed by atoms with van der Waals surface area (Å²) in [5.41, 5.74) is 13.8. The first-order valence-corrected chi connectivity index (χ1v) is 7.55. The molecule has 0 amide bonds. The van der Waals surface area contributed by atoms with Crippen molar-refractivity contribution in [3.8, 4) is 11.1 Å². The van der Waals surface area contributed by atoms with E-state index in [0.717, 1.165) is 12.1 Å². The van der Waals surface area contributed by atoms with Crippen molar-refractivity contribution < 1.29 is 0 Å². The number of nitrogens with two attached hydrogens (primary N) is 1. The first-order valence-electron chi connectivity index (χ1n) is 7.55. The molecule has 1 aliphatic carbocycles. The molecule has 0 saturated heterocycles. The maximum Gasteiger partial charge on any atom is 0.0674 e. The predicted octanol–water partition coefficient (Wildman–Crippen LogP) is 2.78. The number of hydrogen-bond donors (Lipinski definition) is 1. The maximum absolute atomic E-state index is 5.76. The van der Waals surface area contributed by atoms with Gasteiger partial charge >= 0.3 is 0 Å². The molecule has 20 heavy (non-hydrogen) atoms. The Morgan fingerprint density at radius 1 is 1.20 bits per heavy atom. The van der Waals surface area contributed by atoms with Crippen LogP contribution in [0.25, 0.3) is 11.1 Å². The van der Waals surface area contributed by atoms with E-state index in [0.29, 0.717) is 6.54 Å². The van der Waals surface area contributed by atoms with Crippen LogP contribution in [0.4, 0.5) is 0 Å². The lowest BCUT2D eigenvalue weighted by Crippen LogP contribution is -2.08. The Morgan fingerprint density at radius 2 is 1.95 bits per heavy atom. The Balaban J connectivity index is 2.08. The Bertz CT molecular complexity index is 625. The van der Waals surface area contributed by atoms with Gasteiger partial charge in [-0.25, -0.2) is 0 Å². The molecule has 1 aromatic heterocycles. The van der Waals surface area contributed by atoms with E-state index in [4.69, 9.17) is 5.73 Å². The molecule has 3 rings (SSSR count). The zero-order valence-electron chi connectivity index (χ0n) is 12.4. The summed E-state index contributed by atoms with van der Waals surface area (Å²) in [6.45, 7) is 2.76. The van der Waals surface area contributed by atoms with Crippen LogP contribution in [0.5, 0.6) is 0 Å². The van der Waals surface area contributed by atoms with Crippen molar-refractivity contribution in [2.45, 2.75) is 39.0 Å². The van der Waals surface area contributed by atoms with Crippen molar-refractivity contribution in [1.82, 2.24) is 9.78 Å². The van der Waals surface area contributed by atoms with Gasteiger partial charge in [-0.2, -0.15) is 5.10 Å². The Morgan fingerprint density at radius 3 is 2.70 bits per heavy atom. The van der Waals surface area contributed by atoms with E-state index in [1.165, 1.54) is 53.6 Å². The first kappa shape index (κ1) is 13.4. The molecule has 3 nitrogen and oxygen atoms in total. The van der Waals surface area contributed by atoms with Gasteiger partial charge in [0, 0.05) is 24.7 Å². The van der Waals surface area contributed by atoms with Crippen molar-refractivity contribution in [2.24, 2.45) is 12.8 Å². The zero-order valence-corrected chi connectivity index (χ0v) is 12.4. The van der Waals surface area contributed by atoms with Gasteiger partial charge in [-0.15, -0.1) is 0 Å².